The Morgan fingerprint density at radius 3 is 2.32 bits per heavy atom. The molecule has 7 nitrogen and oxygen atoms in total. The first-order chi connectivity index (χ1) is 15.0. The number of nitro benzene ring substituents is 1. The van der Waals surface area contributed by atoms with Crippen LogP contribution in [0.4, 0.5) is 5.69 Å². The predicted molar refractivity (Wildman–Crippen MR) is 119 cm³/mol. The Morgan fingerprint density at radius 1 is 0.903 bits per heavy atom. The molecular formula is C24H29N3O4. The van der Waals surface area contributed by atoms with Crippen LogP contribution >= 0.6 is 0 Å². The largest absolute Gasteiger partial charge is 0.299 e. The Bertz CT molecular complexity index is 930. The van der Waals surface area contributed by atoms with Crippen LogP contribution in [0, 0.1) is 10.1 Å². The number of benzene rings is 2. The standard InChI is InChI=1S/C24H29N3O4/c1-2-3-14-25(18-19-10-6-4-7-11-19)15-8-5-9-16-26-23(28)21-13-12-20(27(30)31)17-22(21)24(26)29/h4,6-7,10-13,17H,2-3,5,8-9,14-16,18H2,1H3. The van der Waals surface area contributed by atoms with Crippen molar-refractivity contribution in [2.45, 2.75) is 45.6 Å². The molecule has 7 heteroatoms. The average Bonchev–Trinajstić information content (AvgIpc) is 3.01. The Kier molecular flexibility index (Phi) is 7.89. The molecule has 0 fully saturated rings. The first kappa shape index (κ1) is 22.6. The number of hydrogen-bond acceptors (Lipinski definition) is 5. The van der Waals surface area contributed by atoms with Crippen LogP contribution in [0.3, 0.4) is 0 Å². The number of fused-ring (bicyclic) bond motifs is 1. The summed E-state index contributed by atoms with van der Waals surface area (Å²) < 4.78 is 0. The average molecular weight is 424 g/mol. The molecule has 0 unspecified atom stereocenters. The molecular weight excluding hydrogens is 394 g/mol. The second-order valence-electron chi connectivity index (χ2n) is 7.92. The highest BCUT2D eigenvalue weighted by atomic mass is 16.6. The van der Waals surface area contributed by atoms with E-state index >= 15 is 0 Å². The van der Waals surface area contributed by atoms with Crippen molar-refractivity contribution in [2.75, 3.05) is 19.6 Å². The molecule has 0 spiro atoms. The lowest BCUT2D eigenvalue weighted by molar-refractivity contribution is -0.384. The number of amides is 2. The molecule has 0 atom stereocenters. The van der Waals surface area contributed by atoms with E-state index in [1.165, 1.54) is 28.7 Å². The molecule has 1 heterocycles. The van der Waals surface area contributed by atoms with Crippen LogP contribution in [0.5, 0.6) is 0 Å². The van der Waals surface area contributed by atoms with E-state index in [-0.39, 0.29) is 22.7 Å². The van der Waals surface area contributed by atoms with E-state index in [4.69, 9.17) is 0 Å². The Balaban J connectivity index is 1.47. The van der Waals surface area contributed by atoms with Crippen molar-refractivity contribution in [3.63, 3.8) is 0 Å². The van der Waals surface area contributed by atoms with Crippen LogP contribution in [0.25, 0.3) is 0 Å². The molecule has 164 valence electrons. The Labute approximate surface area is 182 Å². The van der Waals surface area contributed by atoms with Crippen LogP contribution in [-0.4, -0.2) is 46.2 Å². The lowest BCUT2D eigenvalue weighted by Gasteiger charge is -2.22. The molecule has 0 N–H and O–H groups in total. The van der Waals surface area contributed by atoms with Crippen molar-refractivity contribution in [1.29, 1.82) is 0 Å². The Hall–Kier alpha value is -3.06. The number of imide groups is 1. The van der Waals surface area contributed by atoms with Gasteiger partial charge in [-0.3, -0.25) is 29.5 Å². The summed E-state index contributed by atoms with van der Waals surface area (Å²) in [6, 6.07) is 14.3. The minimum absolute atomic E-state index is 0.132. The highest BCUT2D eigenvalue weighted by molar-refractivity contribution is 6.21. The van der Waals surface area contributed by atoms with Crippen LogP contribution < -0.4 is 0 Å². The van der Waals surface area contributed by atoms with E-state index < -0.39 is 10.8 Å². The molecule has 2 aromatic carbocycles. The summed E-state index contributed by atoms with van der Waals surface area (Å²) in [5, 5.41) is 10.9. The normalized spacial score (nSPS) is 13.2. The summed E-state index contributed by atoms with van der Waals surface area (Å²) in [6.07, 6.45) is 4.94. The topological polar surface area (TPSA) is 83.8 Å². The SMILES string of the molecule is CCCCN(CCCCCN1C(=O)c2ccc([N+](=O)[O-])cc2C1=O)Cc1ccccc1. The molecule has 0 aliphatic carbocycles. The van der Waals surface area contributed by atoms with Gasteiger partial charge in [-0.1, -0.05) is 50.1 Å². The van der Waals surface area contributed by atoms with Crippen LogP contribution in [-0.2, 0) is 6.54 Å². The van der Waals surface area contributed by atoms with Gasteiger partial charge in [0.25, 0.3) is 17.5 Å². The van der Waals surface area contributed by atoms with Gasteiger partial charge in [-0.05, 0) is 44.0 Å². The third-order valence-electron chi connectivity index (χ3n) is 5.60. The number of unbranched alkanes of at least 4 members (excludes halogenated alkanes) is 3. The fourth-order valence-corrected chi connectivity index (χ4v) is 3.87. The van der Waals surface area contributed by atoms with E-state index in [1.807, 2.05) is 6.07 Å². The van der Waals surface area contributed by atoms with Crippen molar-refractivity contribution in [3.05, 3.63) is 75.3 Å². The number of carbonyl (C=O) groups is 2. The van der Waals surface area contributed by atoms with Crippen molar-refractivity contribution in [2.24, 2.45) is 0 Å². The lowest BCUT2D eigenvalue weighted by atomic mass is 10.1. The molecule has 31 heavy (non-hydrogen) atoms. The van der Waals surface area contributed by atoms with Gasteiger partial charge in [-0.25, -0.2) is 0 Å². The third-order valence-corrected chi connectivity index (χ3v) is 5.60. The van der Waals surface area contributed by atoms with Gasteiger partial charge in [0, 0.05) is 25.2 Å². The van der Waals surface area contributed by atoms with Gasteiger partial charge in [0.15, 0.2) is 0 Å². The molecule has 0 aromatic heterocycles. The van der Waals surface area contributed by atoms with Crippen molar-refractivity contribution in [3.8, 4) is 0 Å². The molecule has 1 aliphatic heterocycles. The minimum Gasteiger partial charge on any atom is -0.299 e. The minimum atomic E-state index is -0.555. The molecule has 0 saturated heterocycles. The number of rotatable bonds is 12. The number of nitrogens with zero attached hydrogens (tertiary/aromatic N) is 3. The summed E-state index contributed by atoms with van der Waals surface area (Å²) in [5.41, 5.74) is 1.52. The Morgan fingerprint density at radius 2 is 1.61 bits per heavy atom. The zero-order chi connectivity index (χ0) is 22.2. The summed E-state index contributed by atoms with van der Waals surface area (Å²) in [6.45, 7) is 5.50. The summed E-state index contributed by atoms with van der Waals surface area (Å²) in [4.78, 5) is 39.1. The highest BCUT2D eigenvalue weighted by Gasteiger charge is 2.36. The van der Waals surface area contributed by atoms with Crippen LogP contribution in [0.2, 0.25) is 0 Å². The monoisotopic (exact) mass is 423 g/mol. The third kappa shape index (κ3) is 5.76. The van der Waals surface area contributed by atoms with Gasteiger partial charge in [0.2, 0.25) is 0 Å². The molecule has 3 rings (SSSR count). The van der Waals surface area contributed by atoms with Gasteiger partial charge in [0.05, 0.1) is 16.1 Å². The fourth-order valence-electron chi connectivity index (χ4n) is 3.87. The van der Waals surface area contributed by atoms with Gasteiger partial charge in [-0.2, -0.15) is 0 Å². The first-order valence-electron chi connectivity index (χ1n) is 10.9. The maximum Gasteiger partial charge on any atom is 0.270 e. The second kappa shape index (κ2) is 10.8. The van der Waals surface area contributed by atoms with E-state index in [2.05, 4.69) is 36.1 Å². The summed E-state index contributed by atoms with van der Waals surface area (Å²) in [5.74, 6) is -0.791. The number of hydrogen-bond donors (Lipinski definition) is 0. The van der Waals surface area contributed by atoms with E-state index in [9.17, 15) is 19.7 Å². The molecule has 0 saturated carbocycles. The number of nitro groups is 1. The smallest absolute Gasteiger partial charge is 0.270 e. The summed E-state index contributed by atoms with van der Waals surface area (Å²) >= 11 is 0. The van der Waals surface area contributed by atoms with E-state index in [1.54, 1.807) is 0 Å². The maximum absolute atomic E-state index is 12.5. The zero-order valence-electron chi connectivity index (χ0n) is 18.0. The first-order valence-corrected chi connectivity index (χ1v) is 10.9. The van der Waals surface area contributed by atoms with Crippen molar-refractivity contribution < 1.29 is 14.5 Å². The number of non-ortho nitro benzene ring substituents is 1. The zero-order valence-corrected chi connectivity index (χ0v) is 18.0. The van der Waals surface area contributed by atoms with Gasteiger partial charge < -0.3 is 0 Å². The van der Waals surface area contributed by atoms with E-state index in [0.717, 1.165) is 51.7 Å². The molecule has 2 aromatic rings. The summed E-state index contributed by atoms with van der Waals surface area (Å²) in [7, 11) is 0. The predicted octanol–water partition coefficient (Wildman–Crippen LogP) is 4.66. The van der Waals surface area contributed by atoms with E-state index in [0.29, 0.717) is 6.54 Å². The van der Waals surface area contributed by atoms with Crippen molar-refractivity contribution in [1.82, 2.24) is 9.80 Å². The van der Waals surface area contributed by atoms with Crippen LogP contribution in [0.1, 0.15) is 65.3 Å². The van der Waals surface area contributed by atoms with Gasteiger partial charge >= 0.3 is 0 Å². The molecule has 0 radical (unpaired) electrons. The van der Waals surface area contributed by atoms with Gasteiger partial charge in [-0.15, -0.1) is 0 Å². The maximum atomic E-state index is 12.5. The van der Waals surface area contributed by atoms with Crippen LogP contribution in [0.15, 0.2) is 48.5 Å². The molecule has 2 amide bonds. The fraction of sp³-hybridized carbons (Fsp3) is 0.417. The second-order valence-corrected chi connectivity index (χ2v) is 7.92. The van der Waals surface area contributed by atoms with Gasteiger partial charge in [0.1, 0.15) is 0 Å². The molecule has 0 bridgehead atoms. The quantitative estimate of drug-likeness (QED) is 0.214. The highest BCUT2D eigenvalue weighted by Crippen LogP contribution is 2.27. The van der Waals surface area contributed by atoms with Crippen molar-refractivity contribution >= 4 is 17.5 Å². The lowest BCUT2D eigenvalue weighted by Crippen LogP contribution is -2.31. The number of carbonyl (C=O) groups excluding carboxylic acids is 2. The molecule has 1 aliphatic rings.